The summed E-state index contributed by atoms with van der Waals surface area (Å²) in [7, 11) is 0. The number of aromatic nitrogens is 2. The van der Waals surface area contributed by atoms with Crippen LogP contribution in [0, 0.1) is 5.41 Å². The van der Waals surface area contributed by atoms with Crippen LogP contribution in [-0.2, 0) is 0 Å². The molecule has 1 unspecified atom stereocenters. The molecule has 6 nitrogen and oxygen atoms in total. The van der Waals surface area contributed by atoms with Crippen LogP contribution in [0.3, 0.4) is 0 Å². The number of hydrogen-bond acceptors (Lipinski definition) is 5. The number of amidine groups is 1. The molecule has 1 fully saturated rings. The fraction of sp³-hybridized carbons (Fsp3) is 0.583. The Labute approximate surface area is 106 Å². The Balaban J connectivity index is 2.16. The van der Waals surface area contributed by atoms with Gasteiger partial charge in [0, 0.05) is 19.3 Å². The highest BCUT2D eigenvalue weighted by atomic mass is 16.3. The van der Waals surface area contributed by atoms with Gasteiger partial charge in [-0.25, -0.2) is 9.97 Å². The zero-order valence-electron chi connectivity index (χ0n) is 10.6. The van der Waals surface area contributed by atoms with Gasteiger partial charge in [0.2, 0.25) is 5.95 Å². The molecule has 6 heteroatoms. The molecule has 0 aliphatic carbocycles. The van der Waals surface area contributed by atoms with E-state index in [1.54, 1.807) is 12.3 Å². The molecule has 98 valence electrons. The van der Waals surface area contributed by atoms with Gasteiger partial charge in [-0.05, 0) is 32.3 Å². The summed E-state index contributed by atoms with van der Waals surface area (Å²) in [6.07, 6.45) is 4.00. The third kappa shape index (κ3) is 2.95. The van der Waals surface area contributed by atoms with Gasteiger partial charge in [-0.2, -0.15) is 0 Å². The molecule has 1 aliphatic rings. The van der Waals surface area contributed by atoms with Crippen LogP contribution in [-0.4, -0.2) is 39.6 Å². The fourth-order valence-electron chi connectivity index (χ4n) is 2.11. The molecule has 0 amide bonds. The Kier molecular flexibility index (Phi) is 3.47. The van der Waals surface area contributed by atoms with Crippen molar-refractivity contribution in [3.05, 3.63) is 18.0 Å². The van der Waals surface area contributed by atoms with Crippen LogP contribution in [0.4, 0.5) is 5.95 Å². The second-order valence-electron chi connectivity index (χ2n) is 4.99. The van der Waals surface area contributed by atoms with E-state index in [4.69, 9.17) is 11.1 Å². The summed E-state index contributed by atoms with van der Waals surface area (Å²) < 4.78 is 0. The molecule has 0 bridgehead atoms. The lowest BCUT2D eigenvalue weighted by Gasteiger charge is -2.22. The first kappa shape index (κ1) is 12.8. The summed E-state index contributed by atoms with van der Waals surface area (Å²) in [5.74, 6) is 0.529. The van der Waals surface area contributed by atoms with E-state index in [0.717, 1.165) is 19.4 Å². The predicted molar refractivity (Wildman–Crippen MR) is 69.7 cm³/mol. The number of rotatable bonds is 2. The first-order valence-electron chi connectivity index (χ1n) is 6.13. The van der Waals surface area contributed by atoms with Crippen LogP contribution in [0.1, 0.15) is 31.9 Å². The van der Waals surface area contributed by atoms with Gasteiger partial charge in [0.15, 0.2) is 0 Å². The van der Waals surface area contributed by atoms with Gasteiger partial charge >= 0.3 is 0 Å². The van der Waals surface area contributed by atoms with Crippen LogP contribution in [0.2, 0.25) is 0 Å². The van der Waals surface area contributed by atoms with E-state index < -0.39 is 5.60 Å². The molecule has 0 saturated carbocycles. The zero-order chi connectivity index (χ0) is 13.2. The maximum Gasteiger partial charge on any atom is 0.225 e. The summed E-state index contributed by atoms with van der Waals surface area (Å²) in [4.78, 5) is 10.5. The number of nitrogens with two attached hydrogens (primary N) is 1. The minimum Gasteiger partial charge on any atom is -0.390 e. The molecule has 0 spiro atoms. The van der Waals surface area contributed by atoms with E-state index in [1.807, 2.05) is 11.8 Å². The first-order valence-corrected chi connectivity index (χ1v) is 6.13. The second kappa shape index (κ2) is 4.89. The van der Waals surface area contributed by atoms with E-state index in [9.17, 15) is 5.11 Å². The smallest absolute Gasteiger partial charge is 0.225 e. The summed E-state index contributed by atoms with van der Waals surface area (Å²) in [5.41, 5.74) is 5.26. The molecule has 1 saturated heterocycles. The van der Waals surface area contributed by atoms with E-state index in [0.29, 0.717) is 24.6 Å². The quantitative estimate of drug-likeness (QED) is 0.523. The van der Waals surface area contributed by atoms with Crippen molar-refractivity contribution in [3.8, 4) is 0 Å². The predicted octanol–water partition coefficient (Wildman–Crippen LogP) is 0.502. The van der Waals surface area contributed by atoms with Gasteiger partial charge < -0.3 is 15.7 Å². The van der Waals surface area contributed by atoms with E-state index in [-0.39, 0.29) is 5.84 Å². The first-order chi connectivity index (χ1) is 8.48. The van der Waals surface area contributed by atoms with Gasteiger partial charge in [-0.15, -0.1) is 0 Å². The highest BCUT2D eigenvalue weighted by molar-refractivity contribution is 5.93. The molecule has 0 radical (unpaired) electrons. The number of nitrogens with one attached hydrogen (secondary N) is 1. The maximum absolute atomic E-state index is 10.0. The summed E-state index contributed by atoms with van der Waals surface area (Å²) in [6, 6.07) is 1.62. The van der Waals surface area contributed by atoms with Crippen molar-refractivity contribution in [2.45, 2.75) is 31.8 Å². The van der Waals surface area contributed by atoms with Gasteiger partial charge in [-0.3, -0.25) is 5.41 Å². The topological polar surface area (TPSA) is 99.1 Å². The molecule has 2 heterocycles. The van der Waals surface area contributed by atoms with Crippen molar-refractivity contribution in [2.75, 3.05) is 18.0 Å². The van der Waals surface area contributed by atoms with E-state index in [2.05, 4.69) is 9.97 Å². The molecule has 1 aromatic rings. The number of aliphatic hydroxyl groups is 1. The Morgan fingerprint density at radius 1 is 1.50 bits per heavy atom. The minimum atomic E-state index is -0.604. The van der Waals surface area contributed by atoms with E-state index >= 15 is 0 Å². The molecule has 18 heavy (non-hydrogen) atoms. The average molecular weight is 249 g/mol. The van der Waals surface area contributed by atoms with Crippen LogP contribution in [0.15, 0.2) is 12.3 Å². The lowest BCUT2D eigenvalue weighted by molar-refractivity contribution is 0.0481. The third-order valence-corrected chi connectivity index (χ3v) is 3.27. The maximum atomic E-state index is 10.0. The molecule has 2 rings (SSSR count). The molecule has 1 aliphatic heterocycles. The normalized spacial score (nSPS) is 24.7. The Hall–Kier alpha value is -1.69. The third-order valence-electron chi connectivity index (χ3n) is 3.27. The van der Waals surface area contributed by atoms with Crippen molar-refractivity contribution in [1.29, 1.82) is 5.41 Å². The van der Waals surface area contributed by atoms with Crippen LogP contribution in [0.25, 0.3) is 0 Å². The second-order valence-corrected chi connectivity index (χ2v) is 4.99. The van der Waals surface area contributed by atoms with Gasteiger partial charge in [0.05, 0.1) is 5.60 Å². The number of anilines is 1. The Bertz CT molecular complexity index is 446. The molecule has 4 N–H and O–H groups in total. The Morgan fingerprint density at radius 2 is 2.28 bits per heavy atom. The van der Waals surface area contributed by atoms with Crippen molar-refractivity contribution >= 4 is 11.8 Å². The lowest BCUT2D eigenvalue weighted by Crippen LogP contribution is -2.30. The molecular formula is C12H19N5O. The molecule has 0 aromatic carbocycles. The van der Waals surface area contributed by atoms with Gasteiger partial charge in [0.25, 0.3) is 0 Å². The van der Waals surface area contributed by atoms with Gasteiger partial charge in [0.1, 0.15) is 11.5 Å². The summed E-state index contributed by atoms with van der Waals surface area (Å²) in [5, 5.41) is 17.4. The van der Waals surface area contributed by atoms with Crippen LogP contribution >= 0.6 is 0 Å². The average Bonchev–Trinajstić information content (AvgIpc) is 2.50. The standard InChI is InChI=1S/C12H19N5O/c1-12(18)4-2-7-17(8-5-12)11-15-6-3-9(16-11)10(13)14/h3,6,18H,2,4-5,7-8H2,1H3,(H3,13,14). The summed E-state index contributed by atoms with van der Waals surface area (Å²) in [6.45, 7) is 3.40. The molecule has 1 atom stereocenters. The number of hydrogen-bond donors (Lipinski definition) is 3. The Morgan fingerprint density at radius 3 is 3.00 bits per heavy atom. The number of nitrogens with zero attached hydrogens (tertiary/aromatic N) is 3. The SMILES string of the molecule is CC1(O)CCCN(c2nccc(C(=N)N)n2)CC1. The molecular weight excluding hydrogens is 230 g/mol. The van der Waals surface area contributed by atoms with E-state index in [1.165, 1.54) is 0 Å². The summed E-state index contributed by atoms with van der Waals surface area (Å²) >= 11 is 0. The van der Waals surface area contributed by atoms with Crippen LogP contribution in [0.5, 0.6) is 0 Å². The lowest BCUT2D eigenvalue weighted by atomic mass is 9.98. The molecule has 1 aromatic heterocycles. The largest absolute Gasteiger partial charge is 0.390 e. The monoisotopic (exact) mass is 249 g/mol. The van der Waals surface area contributed by atoms with Crippen molar-refractivity contribution in [1.82, 2.24) is 9.97 Å². The van der Waals surface area contributed by atoms with Crippen LogP contribution < -0.4 is 10.6 Å². The highest BCUT2D eigenvalue weighted by Crippen LogP contribution is 2.23. The minimum absolute atomic E-state index is 0.0551. The number of nitrogen functional groups attached to an aromatic ring is 1. The highest BCUT2D eigenvalue weighted by Gasteiger charge is 2.25. The fourth-order valence-corrected chi connectivity index (χ4v) is 2.11. The van der Waals surface area contributed by atoms with Crippen molar-refractivity contribution < 1.29 is 5.11 Å². The zero-order valence-corrected chi connectivity index (χ0v) is 10.6. The van der Waals surface area contributed by atoms with Crippen molar-refractivity contribution in [3.63, 3.8) is 0 Å². The van der Waals surface area contributed by atoms with Gasteiger partial charge in [-0.1, -0.05) is 0 Å². The van der Waals surface area contributed by atoms with Crippen molar-refractivity contribution in [2.24, 2.45) is 5.73 Å².